The van der Waals surface area contributed by atoms with Crippen molar-refractivity contribution >= 4 is 0 Å². The Labute approximate surface area is 101 Å². The Morgan fingerprint density at radius 1 is 1.22 bits per heavy atom. The molecule has 0 fully saturated rings. The number of nitrogens with zero attached hydrogens (tertiary/aromatic N) is 1. The smallest absolute Gasteiger partial charge is 0.385 e. The fraction of sp³-hybridized carbons (Fsp3) is 0.250. The molecule has 0 saturated heterocycles. The zero-order valence-electron chi connectivity index (χ0n) is 9.40. The molecule has 1 aromatic carbocycles. The second kappa shape index (κ2) is 4.45. The maximum Gasteiger partial charge on any atom is 0.416 e. The first-order valence-corrected chi connectivity index (χ1v) is 5.20. The van der Waals surface area contributed by atoms with E-state index in [4.69, 9.17) is 4.52 Å². The van der Waals surface area contributed by atoms with Crippen LogP contribution in [0.15, 0.2) is 34.9 Å². The molecule has 0 radical (unpaired) electrons. The van der Waals surface area contributed by atoms with Crippen LogP contribution in [-0.2, 0) is 6.18 Å². The van der Waals surface area contributed by atoms with Crippen LogP contribution in [0.1, 0.15) is 24.4 Å². The third-order valence-electron chi connectivity index (χ3n) is 2.45. The van der Waals surface area contributed by atoms with Gasteiger partial charge in [-0.3, -0.25) is 0 Å². The van der Waals surface area contributed by atoms with Crippen LogP contribution in [0.25, 0.3) is 11.3 Å². The zero-order valence-corrected chi connectivity index (χ0v) is 9.40. The molecule has 96 valence electrons. The van der Waals surface area contributed by atoms with Crippen molar-refractivity contribution in [2.75, 3.05) is 0 Å². The molecule has 2 rings (SSSR count). The quantitative estimate of drug-likeness (QED) is 0.896. The molecule has 2 aromatic rings. The standard InChI is InChI=1S/C12H10F3NO2/c1-7(17)11-6-10(16-18-11)8-2-4-9(5-3-8)12(13,14)15/h2-7,17H,1H3/t7-/m1/s1. The number of halogens is 3. The summed E-state index contributed by atoms with van der Waals surface area (Å²) in [4.78, 5) is 0. The summed E-state index contributed by atoms with van der Waals surface area (Å²) in [7, 11) is 0. The Hall–Kier alpha value is -1.82. The Bertz CT molecular complexity index is 529. The second-order valence-electron chi connectivity index (χ2n) is 3.87. The number of aliphatic hydroxyl groups is 1. The summed E-state index contributed by atoms with van der Waals surface area (Å²) in [6.45, 7) is 1.51. The van der Waals surface area contributed by atoms with E-state index in [9.17, 15) is 18.3 Å². The van der Waals surface area contributed by atoms with Crippen LogP contribution < -0.4 is 0 Å². The van der Waals surface area contributed by atoms with Crippen molar-refractivity contribution in [3.05, 3.63) is 41.7 Å². The highest BCUT2D eigenvalue weighted by Gasteiger charge is 2.30. The number of hydrogen-bond donors (Lipinski definition) is 1. The summed E-state index contributed by atoms with van der Waals surface area (Å²) < 4.78 is 42.0. The van der Waals surface area contributed by atoms with E-state index in [1.807, 2.05) is 0 Å². The molecule has 1 atom stereocenters. The molecule has 1 aromatic heterocycles. The van der Waals surface area contributed by atoms with Crippen LogP contribution in [0.2, 0.25) is 0 Å². The van der Waals surface area contributed by atoms with E-state index >= 15 is 0 Å². The summed E-state index contributed by atoms with van der Waals surface area (Å²) in [5, 5.41) is 12.9. The Balaban J connectivity index is 2.29. The van der Waals surface area contributed by atoms with E-state index in [1.54, 1.807) is 0 Å². The summed E-state index contributed by atoms with van der Waals surface area (Å²) in [6, 6.07) is 6.07. The number of aromatic nitrogens is 1. The Morgan fingerprint density at radius 3 is 2.28 bits per heavy atom. The van der Waals surface area contributed by atoms with E-state index in [-0.39, 0.29) is 5.76 Å². The highest BCUT2D eigenvalue weighted by atomic mass is 19.4. The van der Waals surface area contributed by atoms with Crippen LogP contribution in [0.3, 0.4) is 0 Å². The third kappa shape index (κ3) is 2.53. The molecule has 1 heterocycles. The van der Waals surface area contributed by atoms with Gasteiger partial charge in [-0.05, 0) is 19.1 Å². The van der Waals surface area contributed by atoms with Gasteiger partial charge >= 0.3 is 6.18 Å². The molecule has 0 saturated carbocycles. The number of benzene rings is 1. The minimum Gasteiger partial charge on any atom is -0.385 e. The van der Waals surface area contributed by atoms with E-state index < -0.39 is 17.8 Å². The number of alkyl halides is 3. The highest BCUT2D eigenvalue weighted by Crippen LogP contribution is 2.31. The molecule has 1 N–H and O–H groups in total. The molecule has 3 nitrogen and oxygen atoms in total. The van der Waals surface area contributed by atoms with E-state index in [1.165, 1.54) is 25.1 Å². The first-order valence-electron chi connectivity index (χ1n) is 5.20. The van der Waals surface area contributed by atoms with Gasteiger partial charge < -0.3 is 9.63 Å². The maximum absolute atomic E-state index is 12.4. The first kappa shape index (κ1) is 12.6. The largest absolute Gasteiger partial charge is 0.416 e. The predicted molar refractivity (Wildman–Crippen MR) is 57.6 cm³/mol. The lowest BCUT2D eigenvalue weighted by atomic mass is 10.1. The van der Waals surface area contributed by atoms with Gasteiger partial charge in [-0.15, -0.1) is 0 Å². The summed E-state index contributed by atoms with van der Waals surface area (Å²) >= 11 is 0. The molecule has 0 aliphatic heterocycles. The van der Waals surface area contributed by atoms with Crippen LogP contribution >= 0.6 is 0 Å². The van der Waals surface area contributed by atoms with Crippen molar-refractivity contribution < 1.29 is 22.8 Å². The summed E-state index contributed by atoms with van der Waals surface area (Å²) in [5.74, 6) is 0.268. The van der Waals surface area contributed by atoms with Crippen molar-refractivity contribution in [2.24, 2.45) is 0 Å². The van der Waals surface area contributed by atoms with Gasteiger partial charge in [-0.1, -0.05) is 17.3 Å². The Kier molecular flexibility index (Phi) is 3.13. The number of hydrogen-bond acceptors (Lipinski definition) is 3. The van der Waals surface area contributed by atoms with E-state index in [0.717, 1.165) is 12.1 Å². The predicted octanol–water partition coefficient (Wildman–Crippen LogP) is 3.41. The minimum absolute atomic E-state index is 0.268. The number of rotatable bonds is 2. The first-order chi connectivity index (χ1) is 8.38. The lowest BCUT2D eigenvalue weighted by Crippen LogP contribution is -2.03. The van der Waals surface area contributed by atoms with Gasteiger partial charge in [-0.2, -0.15) is 13.2 Å². The normalized spacial score (nSPS) is 13.6. The zero-order chi connectivity index (χ0) is 13.3. The SMILES string of the molecule is C[C@@H](O)c1cc(-c2ccc(C(F)(F)F)cc2)no1. The van der Waals surface area contributed by atoms with Crippen molar-refractivity contribution in [2.45, 2.75) is 19.2 Å². The molecule has 0 aliphatic rings. The topological polar surface area (TPSA) is 46.3 Å². The van der Waals surface area contributed by atoms with Crippen molar-refractivity contribution in [3.63, 3.8) is 0 Å². The van der Waals surface area contributed by atoms with Crippen molar-refractivity contribution in [1.29, 1.82) is 0 Å². The van der Waals surface area contributed by atoms with Gasteiger partial charge in [0.05, 0.1) is 5.56 Å². The fourth-order valence-corrected chi connectivity index (χ4v) is 1.45. The van der Waals surface area contributed by atoms with Crippen LogP contribution in [0, 0.1) is 0 Å². The third-order valence-corrected chi connectivity index (χ3v) is 2.45. The van der Waals surface area contributed by atoms with Crippen molar-refractivity contribution in [1.82, 2.24) is 5.16 Å². The maximum atomic E-state index is 12.4. The second-order valence-corrected chi connectivity index (χ2v) is 3.87. The molecule has 0 amide bonds. The highest BCUT2D eigenvalue weighted by molar-refractivity contribution is 5.59. The van der Waals surface area contributed by atoms with E-state index in [2.05, 4.69) is 5.16 Å². The van der Waals surface area contributed by atoms with Gasteiger partial charge in [-0.25, -0.2) is 0 Å². The molecule has 0 bridgehead atoms. The van der Waals surface area contributed by atoms with Gasteiger partial charge in [0.25, 0.3) is 0 Å². The number of aliphatic hydroxyl groups excluding tert-OH is 1. The van der Waals surface area contributed by atoms with Crippen LogP contribution in [0.5, 0.6) is 0 Å². The lowest BCUT2D eigenvalue weighted by molar-refractivity contribution is -0.137. The summed E-state index contributed by atoms with van der Waals surface area (Å²) in [5.41, 5.74) is 0.170. The van der Waals surface area contributed by atoms with E-state index in [0.29, 0.717) is 11.3 Å². The molecular formula is C12H10F3NO2. The molecular weight excluding hydrogens is 247 g/mol. The molecule has 6 heteroatoms. The van der Waals surface area contributed by atoms with Crippen molar-refractivity contribution in [3.8, 4) is 11.3 Å². The van der Waals surface area contributed by atoms with Gasteiger partial charge in [0.2, 0.25) is 0 Å². The van der Waals surface area contributed by atoms with Gasteiger partial charge in [0, 0.05) is 11.6 Å². The molecule has 0 spiro atoms. The minimum atomic E-state index is -4.35. The van der Waals surface area contributed by atoms with Crippen LogP contribution in [0.4, 0.5) is 13.2 Å². The lowest BCUT2D eigenvalue weighted by Gasteiger charge is -2.06. The Morgan fingerprint density at radius 2 is 1.83 bits per heavy atom. The van der Waals surface area contributed by atoms with Gasteiger partial charge in [0.15, 0.2) is 5.76 Å². The van der Waals surface area contributed by atoms with Gasteiger partial charge in [0.1, 0.15) is 11.8 Å². The van der Waals surface area contributed by atoms with Crippen LogP contribution in [-0.4, -0.2) is 10.3 Å². The average Bonchev–Trinajstić information content (AvgIpc) is 2.77. The molecule has 18 heavy (non-hydrogen) atoms. The molecule has 0 aliphatic carbocycles. The molecule has 0 unspecified atom stereocenters. The fourth-order valence-electron chi connectivity index (χ4n) is 1.45. The monoisotopic (exact) mass is 257 g/mol. The summed E-state index contributed by atoms with van der Waals surface area (Å²) in [6.07, 6.45) is -5.16. The average molecular weight is 257 g/mol.